The Morgan fingerprint density at radius 3 is 2.93 bits per heavy atom. The van der Waals surface area contributed by atoms with Gasteiger partial charge in [0.2, 0.25) is 0 Å². The highest BCUT2D eigenvalue weighted by Gasteiger charge is 2.29. The van der Waals surface area contributed by atoms with Crippen molar-refractivity contribution in [2.75, 3.05) is 26.7 Å². The number of hydrogen-bond acceptors (Lipinski definition) is 2. The first-order valence-corrected chi connectivity index (χ1v) is 5.22. The summed E-state index contributed by atoms with van der Waals surface area (Å²) in [5.74, 6) is 3.23. The van der Waals surface area contributed by atoms with Crippen molar-refractivity contribution >= 4 is 5.96 Å². The molecule has 0 amide bonds. The van der Waals surface area contributed by atoms with Crippen LogP contribution < -0.4 is 10.6 Å². The average Bonchev–Trinajstić information content (AvgIpc) is 2.66. The predicted octanol–water partition coefficient (Wildman–Crippen LogP) is 0.354. The predicted molar refractivity (Wildman–Crippen MR) is 61.8 cm³/mol. The zero-order chi connectivity index (χ0) is 11.1. The van der Waals surface area contributed by atoms with Gasteiger partial charge in [0, 0.05) is 20.2 Å². The molecule has 1 unspecified atom stereocenters. The summed E-state index contributed by atoms with van der Waals surface area (Å²) in [6, 6.07) is 0. The first-order valence-electron chi connectivity index (χ1n) is 5.22. The maximum Gasteiger partial charge on any atom is 0.191 e. The summed E-state index contributed by atoms with van der Waals surface area (Å²) in [5.41, 5.74) is -0.0617. The Balaban J connectivity index is 2.31. The summed E-state index contributed by atoms with van der Waals surface area (Å²) in [6.45, 7) is 4.21. The van der Waals surface area contributed by atoms with E-state index < -0.39 is 0 Å². The number of guanidine groups is 1. The van der Waals surface area contributed by atoms with Crippen LogP contribution in [-0.4, -0.2) is 38.3 Å². The third-order valence-corrected chi connectivity index (χ3v) is 2.51. The maximum absolute atomic E-state index is 5.65. The number of rotatable bonds is 3. The highest BCUT2D eigenvalue weighted by molar-refractivity contribution is 5.79. The van der Waals surface area contributed by atoms with Gasteiger partial charge in [-0.05, 0) is 19.8 Å². The second-order valence-corrected chi connectivity index (χ2v) is 3.89. The van der Waals surface area contributed by atoms with E-state index in [2.05, 4.69) is 28.5 Å². The minimum atomic E-state index is -0.0617. The molecule has 0 aromatic carbocycles. The number of nitrogens with one attached hydrogen (secondary N) is 2. The lowest BCUT2D eigenvalue weighted by molar-refractivity contribution is 0.0243. The molecule has 0 bridgehead atoms. The summed E-state index contributed by atoms with van der Waals surface area (Å²) in [6.07, 6.45) is 7.38. The number of hydrogen-bond donors (Lipinski definition) is 2. The van der Waals surface area contributed by atoms with Crippen LogP contribution in [-0.2, 0) is 4.74 Å². The Bertz CT molecular complexity index is 261. The fourth-order valence-electron chi connectivity index (χ4n) is 1.60. The second-order valence-electron chi connectivity index (χ2n) is 3.89. The monoisotopic (exact) mass is 209 g/mol. The summed E-state index contributed by atoms with van der Waals surface area (Å²) >= 11 is 0. The lowest BCUT2D eigenvalue weighted by atomic mass is 10.0. The summed E-state index contributed by atoms with van der Waals surface area (Å²) < 4.78 is 5.65. The van der Waals surface area contributed by atoms with Crippen LogP contribution >= 0.6 is 0 Å². The van der Waals surface area contributed by atoms with Crippen molar-refractivity contribution in [2.45, 2.75) is 25.4 Å². The molecule has 1 saturated heterocycles. The molecule has 4 heteroatoms. The van der Waals surface area contributed by atoms with Gasteiger partial charge in [-0.25, -0.2) is 0 Å². The van der Waals surface area contributed by atoms with Gasteiger partial charge in [-0.3, -0.25) is 4.99 Å². The molecule has 0 radical (unpaired) electrons. The zero-order valence-electron chi connectivity index (χ0n) is 9.47. The minimum Gasteiger partial charge on any atom is -0.373 e. The van der Waals surface area contributed by atoms with Crippen molar-refractivity contribution in [3.63, 3.8) is 0 Å². The van der Waals surface area contributed by atoms with E-state index in [-0.39, 0.29) is 5.60 Å². The Kier molecular flexibility index (Phi) is 4.44. The van der Waals surface area contributed by atoms with Crippen LogP contribution in [0.3, 0.4) is 0 Å². The molecule has 1 aliphatic rings. The number of aliphatic imine (C=N–C) groups is 1. The summed E-state index contributed by atoms with van der Waals surface area (Å²) in [7, 11) is 1.73. The number of terminal acetylenes is 1. The first kappa shape index (κ1) is 11.9. The van der Waals surface area contributed by atoms with E-state index in [0.29, 0.717) is 6.54 Å². The fraction of sp³-hybridized carbons (Fsp3) is 0.727. The van der Waals surface area contributed by atoms with Crippen molar-refractivity contribution in [3.05, 3.63) is 0 Å². The lowest BCUT2D eigenvalue weighted by Crippen LogP contribution is -2.45. The molecule has 1 atom stereocenters. The Labute approximate surface area is 91.5 Å². The molecule has 4 nitrogen and oxygen atoms in total. The number of nitrogens with zero attached hydrogens (tertiary/aromatic N) is 1. The van der Waals surface area contributed by atoms with E-state index >= 15 is 0 Å². The molecule has 15 heavy (non-hydrogen) atoms. The van der Waals surface area contributed by atoms with Gasteiger partial charge in [-0.15, -0.1) is 6.42 Å². The molecule has 0 aromatic rings. The molecule has 0 saturated carbocycles. The normalized spacial score (nSPS) is 26.1. The van der Waals surface area contributed by atoms with Crippen molar-refractivity contribution in [2.24, 2.45) is 4.99 Å². The van der Waals surface area contributed by atoms with Crippen LogP contribution in [0.5, 0.6) is 0 Å². The van der Waals surface area contributed by atoms with E-state index in [9.17, 15) is 0 Å². The van der Waals surface area contributed by atoms with Crippen LogP contribution in [0.4, 0.5) is 0 Å². The van der Waals surface area contributed by atoms with Crippen molar-refractivity contribution in [1.29, 1.82) is 0 Å². The smallest absolute Gasteiger partial charge is 0.191 e. The fourth-order valence-corrected chi connectivity index (χ4v) is 1.60. The molecule has 0 aromatic heterocycles. The Morgan fingerprint density at radius 1 is 1.60 bits per heavy atom. The SMILES string of the molecule is C#CCNC(=NC)NCC1(C)CCCO1. The van der Waals surface area contributed by atoms with Crippen LogP contribution in [0.15, 0.2) is 4.99 Å². The Hall–Kier alpha value is -1.21. The summed E-state index contributed by atoms with van der Waals surface area (Å²) in [4.78, 5) is 4.06. The van der Waals surface area contributed by atoms with Gasteiger partial charge in [-0.2, -0.15) is 0 Å². The molecular weight excluding hydrogens is 190 g/mol. The first-order chi connectivity index (χ1) is 7.20. The van der Waals surface area contributed by atoms with Gasteiger partial charge in [0.25, 0.3) is 0 Å². The van der Waals surface area contributed by atoms with E-state index in [0.717, 1.165) is 32.0 Å². The van der Waals surface area contributed by atoms with Crippen molar-refractivity contribution in [1.82, 2.24) is 10.6 Å². The lowest BCUT2D eigenvalue weighted by Gasteiger charge is -2.24. The minimum absolute atomic E-state index is 0.0617. The Morgan fingerprint density at radius 2 is 2.40 bits per heavy atom. The average molecular weight is 209 g/mol. The van der Waals surface area contributed by atoms with Gasteiger partial charge in [0.15, 0.2) is 5.96 Å². The molecule has 2 N–H and O–H groups in total. The van der Waals surface area contributed by atoms with E-state index in [1.54, 1.807) is 7.05 Å². The van der Waals surface area contributed by atoms with E-state index in [4.69, 9.17) is 11.2 Å². The highest BCUT2D eigenvalue weighted by Crippen LogP contribution is 2.23. The third-order valence-electron chi connectivity index (χ3n) is 2.51. The van der Waals surface area contributed by atoms with Crippen molar-refractivity contribution < 1.29 is 4.74 Å². The summed E-state index contributed by atoms with van der Waals surface area (Å²) in [5, 5.41) is 6.21. The van der Waals surface area contributed by atoms with Crippen molar-refractivity contribution in [3.8, 4) is 12.3 Å². The van der Waals surface area contributed by atoms with E-state index in [1.807, 2.05) is 0 Å². The van der Waals surface area contributed by atoms with Gasteiger partial charge in [0.1, 0.15) is 0 Å². The zero-order valence-corrected chi connectivity index (χ0v) is 9.47. The van der Waals surface area contributed by atoms with Crippen LogP contribution in [0, 0.1) is 12.3 Å². The van der Waals surface area contributed by atoms with Gasteiger partial charge in [-0.1, -0.05) is 5.92 Å². The standard InChI is InChI=1S/C11H19N3O/c1-4-7-13-10(12-3)14-9-11(2)6-5-8-15-11/h1H,5-9H2,2-3H3,(H2,12,13,14). The molecule has 1 fully saturated rings. The van der Waals surface area contributed by atoms with Crippen LogP contribution in [0.2, 0.25) is 0 Å². The largest absolute Gasteiger partial charge is 0.373 e. The second kappa shape index (κ2) is 5.62. The van der Waals surface area contributed by atoms with Gasteiger partial charge < -0.3 is 15.4 Å². The quantitative estimate of drug-likeness (QED) is 0.400. The highest BCUT2D eigenvalue weighted by atomic mass is 16.5. The molecule has 0 spiro atoms. The molecule has 1 aliphatic heterocycles. The molecule has 1 rings (SSSR count). The van der Waals surface area contributed by atoms with Crippen LogP contribution in [0.1, 0.15) is 19.8 Å². The molecule has 1 heterocycles. The van der Waals surface area contributed by atoms with Gasteiger partial charge in [0.05, 0.1) is 12.1 Å². The third kappa shape index (κ3) is 3.80. The number of ether oxygens (including phenoxy) is 1. The molecular formula is C11H19N3O. The molecule has 84 valence electrons. The topological polar surface area (TPSA) is 45.7 Å². The van der Waals surface area contributed by atoms with Gasteiger partial charge >= 0.3 is 0 Å². The maximum atomic E-state index is 5.65. The van der Waals surface area contributed by atoms with Crippen LogP contribution in [0.25, 0.3) is 0 Å². The van der Waals surface area contributed by atoms with E-state index in [1.165, 1.54) is 0 Å². The molecule has 0 aliphatic carbocycles.